The Labute approximate surface area is 158 Å². The molecule has 28 heavy (non-hydrogen) atoms. The topological polar surface area (TPSA) is 63.5 Å². The molecule has 0 saturated carbocycles. The molecule has 144 valence electrons. The van der Waals surface area contributed by atoms with Crippen molar-refractivity contribution in [3.05, 3.63) is 60.0 Å². The van der Waals surface area contributed by atoms with Crippen LogP contribution in [-0.2, 0) is 6.18 Å². The molecule has 1 fully saturated rings. The third kappa shape index (κ3) is 3.60. The minimum atomic E-state index is -4.37. The molecule has 4 rings (SSSR count). The zero-order chi connectivity index (χ0) is 19.7. The number of hydrogen-bond donors (Lipinski definition) is 0. The van der Waals surface area contributed by atoms with E-state index in [9.17, 15) is 18.0 Å². The summed E-state index contributed by atoms with van der Waals surface area (Å²) in [7, 11) is 0. The number of alkyl halides is 3. The molecular formula is C19H17F3N5O+. The predicted molar refractivity (Wildman–Crippen MR) is 95.7 cm³/mol. The highest BCUT2D eigenvalue weighted by Gasteiger charge is 2.33. The number of benzene rings is 1. The van der Waals surface area contributed by atoms with Gasteiger partial charge in [0.05, 0.1) is 35.9 Å². The molecule has 1 N–H and O–H groups in total. The average molecular weight is 388 g/mol. The summed E-state index contributed by atoms with van der Waals surface area (Å²) in [5, 5.41) is 0. The van der Waals surface area contributed by atoms with Gasteiger partial charge in [-0.05, 0) is 18.2 Å². The Hall–Kier alpha value is -3.23. The highest BCUT2D eigenvalue weighted by atomic mass is 19.4. The van der Waals surface area contributed by atoms with Gasteiger partial charge in [0, 0.05) is 6.07 Å². The Balaban J connectivity index is 1.42. The van der Waals surface area contributed by atoms with Gasteiger partial charge in [-0.25, -0.2) is 9.97 Å². The standard InChI is InChI=1S/C19H16F3N5O/c20-19(21,22)13-5-6-17(24-11-13)26-7-9-27(10-8-26)18(28)16-12-23-14-3-1-2-4-15(14)25-16/h1-6,11-12H,7-10H2/p+1. The van der Waals surface area contributed by atoms with E-state index in [0.29, 0.717) is 37.5 Å². The summed E-state index contributed by atoms with van der Waals surface area (Å²) in [6.45, 7) is 1.91. The number of H-pyrrole nitrogens is 1. The van der Waals surface area contributed by atoms with Gasteiger partial charge in [-0.2, -0.15) is 13.2 Å². The van der Waals surface area contributed by atoms with Crippen LogP contribution in [0.5, 0.6) is 0 Å². The van der Waals surface area contributed by atoms with Gasteiger partial charge in [-0.3, -0.25) is 14.7 Å². The van der Waals surface area contributed by atoms with Gasteiger partial charge in [-0.1, -0.05) is 12.1 Å². The van der Waals surface area contributed by atoms with E-state index in [1.807, 2.05) is 23.1 Å². The van der Waals surface area contributed by atoms with Crippen LogP contribution in [0, 0.1) is 0 Å². The summed E-state index contributed by atoms with van der Waals surface area (Å²) < 4.78 is 38.0. The van der Waals surface area contributed by atoms with Crippen molar-refractivity contribution in [2.45, 2.75) is 6.18 Å². The second kappa shape index (κ2) is 7.06. The minimum Gasteiger partial charge on any atom is -0.329 e. The number of hydrogen-bond acceptors (Lipinski definition) is 4. The van der Waals surface area contributed by atoms with E-state index in [2.05, 4.69) is 15.0 Å². The number of pyridine rings is 1. The van der Waals surface area contributed by atoms with E-state index in [1.54, 1.807) is 11.0 Å². The van der Waals surface area contributed by atoms with E-state index in [4.69, 9.17) is 0 Å². The van der Waals surface area contributed by atoms with Gasteiger partial charge in [-0.15, -0.1) is 0 Å². The van der Waals surface area contributed by atoms with Crippen LogP contribution in [-0.4, -0.2) is 47.0 Å². The van der Waals surface area contributed by atoms with Crippen molar-refractivity contribution in [1.82, 2.24) is 14.9 Å². The smallest absolute Gasteiger partial charge is 0.329 e. The van der Waals surface area contributed by atoms with Gasteiger partial charge in [0.25, 0.3) is 11.7 Å². The first-order valence-corrected chi connectivity index (χ1v) is 8.77. The fourth-order valence-corrected chi connectivity index (χ4v) is 3.16. The molecule has 1 aliphatic rings. The van der Waals surface area contributed by atoms with Crippen LogP contribution in [0.3, 0.4) is 0 Å². The fraction of sp³-hybridized carbons (Fsp3) is 0.263. The third-order valence-electron chi connectivity index (χ3n) is 4.70. The van der Waals surface area contributed by atoms with E-state index in [1.165, 1.54) is 12.3 Å². The lowest BCUT2D eigenvalue weighted by Gasteiger charge is -2.30. The molecule has 0 unspecified atom stereocenters. The van der Waals surface area contributed by atoms with Gasteiger partial charge in [0.15, 0.2) is 0 Å². The number of halogens is 3. The molecule has 3 heterocycles. The molecule has 9 heteroatoms. The number of para-hydroxylation sites is 2. The number of anilines is 1. The van der Waals surface area contributed by atoms with Gasteiger partial charge < -0.3 is 4.90 Å². The molecule has 1 aliphatic heterocycles. The molecule has 0 atom stereocenters. The summed E-state index contributed by atoms with van der Waals surface area (Å²) in [5.74, 6) is 0.389. The summed E-state index contributed by atoms with van der Waals surface area (Å²) in [5.41, 5.74) is 0.946. The SMILES string of the molecule is O=C(c1cnc2ccccc2n1)N1CCN(c2ccc(C(F)(F)F)c[nH+]2)CC1. The molecule has 0 radical (unpaired) electrons. The summed E-state index contributed by atoms with van der Waals surface area (Å²) >= 11 is 0. The van der Waals surface area contributed by atoms with E-state index >= 15 is 0 Å². The number of aromatic amines is 1. The van der Waals surface area contributed by atoms with Crippen LogP contribution < -0.4 is 9.88 Å². The van der Waals surface area contributed by atoms with Crippen molar-refractivity contribution in [2.75, 3.05) is 31.1 Å². The molecule has 6 nitrogen and oxygen atoms in total. The predicted octanol–water partition coefficient (Wildman–Crippen LogP) is 2.43. The van der Waals surface area contributed by atoms with Crippen molar-refractivity contribution in [2.24, 2.45) is 0 Å². The lowest BCUT2D eigenvalue weighted by molar-refractivity contribution is -0.367. The minimum absolute atomic E-state index is 0.200. The van der Waals surface area contributed by atoms with Crippen molar-refractivity contribution >= 4 is 22.8 Å². The molecule has 0 spiro atoms. The summed E-state index contributed by atoms with van der Waals surface area (Å²) in [4.78, 5) is 27.6. The van der Waals surface area contributed by atoms with E-state index in [0.717, 1.165) is 17.8 Å². The zero-order valence-corrected chi connectivity index (χ0v) is 14.8. The Morgan fingerprint density at radius 2 is 1.71 bits per heavy atom. The number of nitrogens with one attached hydrogen (secondary N) is 1. The fourth-order valence-electron chi connectivity index (χ4n) is 3.16. The molecule has 1 saturated heterocycles. The number of piperazine rings is 1. The van der Waals surface area contributed by atoms with Crippen LogP contribution in [0.4, 0.5) is 19.0 Å². The first-order valence-electron chi connectivity index (χ1n) is 8.77. The monoisotopic (exact) mass is 388 g/mol. The number of fused-ring (bicyclic) bond motifs is 1. The van der Waals surface area contributed by atoms with Crippen LogP contribution in [0.25, 0.3) is 11.0 Å². The maximum atomic E-state index is 12.7. The lowest BCUT2D eigenvalue weighted by Crippen LogP contribution is -2.50. The highest BCUT2D eigenvalue weighted by molar-refractivity contribution is 5.94. The van der Waals surface area contributed by atoms with Crippen molar-refractivity contribution < 1.29 is 22.9 Å². The zero-order valence-electron chi connectivity index (χ0n) is 14.8. The van der Waals surface area contributed by atoms with Crippen LogP contribution in [0.2, 0.25) is 0 Å². The first-order chi connectivity index (χ1) is 13.4. The Bertz CT molecular complexity index is 998. The van der Waals surface area contributed by atoms with Crippen molar-refractivity contribution in [1.29, 1.82) is 0 Å². The number of aromatic nitrogens is 3. The Morgan fingerprint density at radius 3 is 2.36 bits per heavy atom. The second-order valence-electron chi connectivity index (χ2n) is 6.48. The second-order valence-corrected chi connectivity index (χ2v) is 6.48. The Morgan fingerprint density at radius 1 is 1.00 bits per heavy atom. The van der Waals surface area contributed by atoms with Crippen LogP contribution >= 0.6 is 0 Å². The number of amides is 1. The molecule has 0 bridgehead atoms. The van der Waals surface area contributed by atoms with Crippen molar-refractivity contribution in [3.8, 4) is 0 Å². The van der Waals surface area contributed by atoms with E-state index < -0.39 is 11.7 Å². The maximum absolute atomic E-state index is 12.7. The number of rotatable bonds is 2. The third-order valence-corrected chi connectivity index (χ3v) is 4.70. The molecule has 1 aromatic carbocycles. The Kier molecular flexibility index (Phi) is 4.58. The van der Waals surface area contributed by atoms with Crippen LogP contribution in [0.15, 0.2) is 48.8 Å². The average Bonchev–Trinajstić information content (AvgIpc) is 2.72. The quantitative estimate of drug-likeness (QED) is 0.677. The van der Waals surface area contributed by atoms with Crippen LogP contribution in [0.1, 0.15) is 16.1 Å². The molecule has 0 aliphatic carbocycles. The summed E-state index contributed by atoms with van der Waals surface area (Å²) in [6.07, 6.45) is -1.95. The van der Waals surface area contributed by atoms with Gasteiger partial charge in [0.2, 0.25) is 0 Å². The molecular weight excluding hydrogens is 371 g/mol. The largest absolute Gasteiger partial charge is 0.419 e. The normalized spacial score (nSPS) is 15.1. The number of carbonyl (C=O) groups is 1. The molecule has 2 aromatic heterocycles. The summed E-state index contributed by atoms with van der Waals surface area (Å²) in [6, 6.07) is 9.79. The molecule has 1 amide bonds. The maximum Gasteiger partial charge on any atom is 0.419 e. The van der Waals surface area contributed by atoms with Crippen molar-refractivity contribution in [3.63, 3.8) is 0 Å². The lowest BCUT2D eigenvalue weighted by atomic mass is 10.2. The molecule has 3 aromatic rings. The first kappa shape index (κ1) is 18.1. The number of carbonyl (C=O) groups excluding carboxylic acids is 1. The van der Waals surface area contributed by atoms with Gasteiger partial charge >= 0.3 is 6.18 Å². The highest BCUT2D eigenvalue weighted by Crippen LogP contribution is 2.28. The number of nitrogens with zero attached hydrogens (tertiary/aromatic N) is 4. The van der Waals surface area contributed by atoms with E-state index in [-0.39, 0.29) is 11.6 Å². The van der Waals surface area contributed by atoms with Gasteiger partial charge in [0.1, 0.15) is 25.0 Å².